The second-order valence-electron chi connectivity index (χ2n) is 11.2. The number of para-hydroxylation sites is 1. The summed E-state index contributed by atoms with van der Waals surface area (Å²) >= 11 is 12.0. The number of β-amino-alcohol motifs (C(OH)–C–C–N with tert-alkyl or cyclic N) is 1. The number of aliphatic hydroxyl groups is 1. The van der Waals surface area contributed by atoms with Gasteiger partial charge in [-0.2, -0.15) is 0 Å². The largest absolute Gasteiger partial charge is 0.494 e. The Morgan fingerprint density at radius 1 is 1.16 bits per heavy atom. The van der Waals surface area contributed by atoms with E-state index in [-0.39, 0.29) is 54.0 Å². The first-order chi connectivity index (χ1) is 21.1. The summed E-state index contributed by atoms with van der Waals surface area (Å²) in [6.45, 7) is 12.2. The Labute approximate surface area is 276 Å². The maximum Gasteiger partial charge on any atom is 0.251 e. The molecule has 0 aromatic heterocycles. The third-order valence-electron chi connectivity index (χ3n) is 8.72. The maximum absolute atomic E-state index is 14.7. The van der Waals surface area contributed by atoms with Crippen LogP contribution in [0.25, 0.3) is 0 Å². The highest BCUT2D eigenvalue weighted by Crippen LogP contribution is 2.68. The topological polar surface area (TPSA) is 90.4 Å². The van der Waals surface area contributed by atoms with Crippen LogP contribution in [0.1, 0.15) is 18.9 Å². The third kappa shape index (κ3) is 5.37. The highest BCUT2D eigenvalue weighted by Gasteiger charge is 2.76. The molecule has 3 saturated heterocycles. The molecular weight excluding hydrogens is 666 g/mol. The zero-order chi connectivity index (χ0) is 31.8. The van der Waals surface area contributed by atoms with E-state index < -0.39 is 22.6 Å². The number of benzene rings is 2. The van der Waals surface area contributed by atoms with Crippen molar-refractivity contribution in [1.29, 1.82) is 0 Å². The first-order valence-corrected chi connectivity index (χ1v) is 16.9. The Bertz CT molecular complexity index is 1440. The van der Waals surface area contributed by atoms with Crippen molar-refractivity contribution >= 4 is 68.4 Å². The van der Waals surface area contributed by atoms with Crippen LogP contribution in [0.2, 0.25) is 5.02 Å². The standard InChI is InChI=1S/C33H37BrClN3O5S/c1-5-15-36(21-11-13-22(14-12-21)43-7-3)30(40)25-26-31(41)38(17-18-39)29(33(26)19-23(34)28(25)44-33)32(42)37(16-6-2)27-20(4)9-8-10-24(27)35/h5-6,8-14,23,25-26,28-29,39H,1-2,7,15-19H2,3-4H3/t23?,25-,26-,28-,29?,33?/m0/s1. The number of aliphatic hydroxyl groups excluding tert-OH is 1. The van der Waals surface area contributed by atoms with E-state index in [2.05, 4.69) is 29.1 Å². The number of rotatable bonds is 12. The minimum atomic E-state index is -0.908. The Hall–Kier alpha value is -2.79. The summed E-state index contributed by atoms with van der Waals surface area (Å²) in [5.41, 5.74) is 2.04. The number of aryl methyl sites for hydroxylation is 1. The van der Waals surface area contributed by atoms with Gasteiger partial charge in [0.15, 0.2) is 0 Å². The van der Waals surface area contributed by atoms with Crippen molar-refractivity contribution in [1.82, 2.24) is 4.90 Å². The van der Waals surface area contributed by atoms with Crippen molar-refractivity contribution in [2.24, 2.45) is 11.8 Å². The van der Waals surface area contributed by atoms with Gasteiger partial charge in [0, 0.05) is 35.4 Å². The number of nitrogens with zero attached hydrogens (tertiary/aromatic N) is 3. The zero-order valence-corrected chi connectivity index (χ0v) is 28.0. The molecular formula is C33H37BrClN3O5S. The first kappa shape index (κ1) is 32.6. The number of ether oxygens (including phenoxy) is 1. The van der Waals surface area contributed by atoms with Gasteiger partial charge in [-0.3, -0.25) is 14.4 Å². The van der Waals surface area contributed by atoms with Gasteiger partial charge in [0.2, 0.25) is 11.8 Å². The lowest BCUT2D eigenvalue weighted by molar-refractivity contribution is -0.139. The molecule has 11 heteroatoms. The minimum Gasteiger partial charge on any atom is -0.494 e. The molecule has 0 saturated carbocycles. The fraction of sp³-hybridized carbons (Fsp3) is 0.424. The molecule has 3 fully saturated rings. The average Bonchev–Trinajstić information content (AvgIpc) is 3.59. The summed E-state index contributed by atoms with van der Waals surface area (Å²) in [6, 6.07) is 11.8. The normalized spacial score (nSPS) is 26.8. The first-order valence-electron chi connectivity index (χ1n) is 14.7. The molecule has 3 amide bonds. The number of alkyl halides is 1. The molecule has 2 aromatic carbocycles. The maximum atomic E-state index is 14.7. The number of thioether (sulfide) groups is 1. The Morgan fingerprint density at radius 3 is 2.45 bits per heavy atom. The van der Waals surface area contributed by atoms with Crippen molar-refractivity contribution < 1.29 is 24.2 Å². The van der Waals surface area contributed by atoms with Gasteiger partial charge in [0.05, 0.1) is 40.5 Å². The monoisotopic (exact) mass is 701 g/mol. The number of halogens is 2. The molecule has 3 aliphatic rings. The molecule has 5 rings (SSSR count). The van der Waals surface area contributed by atoms with Crippen molar-refractivity contribution in [3.05, 3.63) is 78.4 Å². The Balaban J connectivity index is 1.57. The number of hydrogen-bond donors (Lipinski definition) is 1. The highest BCUT2D eigenvalue weighted by atomic mass is 79.9. The molecule has 3 unspecified atom stereocenters. The fourth-order valence-corrected chi connectivity index (χ4v) is 11.0. The van der Waals surface area contributed by atoms with Gasteiger partial charge >= 0.3 is 0 Å². The predicted octanol–water partition coefficient (Wildman–Crippen LogP) is 5.24. The van der Waals surface area contributed by atoms with Crippen LogP contribution in [0.5, 0.6) is 5.75 Å². The number of carbonyl (C=O) groups excluding carboxylic acids is 3. The van der Waals surface area contributed by atoms with Crippen LogP contribution in [0.3, 0.4) is 0 Å². The van der Waals surface area contributed by atoms with Crippen LogP contribution in [-0.2, 0) is 14.4 Å². The van der Waals surface area contributed by atoms with E-state index in [1.807, 2.05) is 50.2 Å². The molecule has 3 heterocycles. The average molecular weight is 703 g/mol. The Morgan fingerprint density at radius 2 is 1.84 bits per heavy atom. The van der Waals surface area contributed by atoms with Crippen LogP contribution in [0.4, 0.5) is 11.4 Å². The number of amides is 3. The fourth-order valence-electron chi connectivity index (χ4n) is 7.09. The molecule has 1 N–H and O–H groups in total. The van der Waals surface area contributed by atoms with Crippen LogP contribution >= 0.6 is 39.3 Å². The molecule has 6 atom stereocenters. The summed E-state index contributed by atoms with van der Waals surface area (Å²) in [5, 5.41) is 10.2. The van der Waals surface area contributed by atoms with Gasteiger partial charge in [-0.1, -0.05) is 51.8 Å². The van der Waals surface area contributed by atoms with Gasteiger partial charge in [-0.25, -0.2) is 0 Å². The highest BCUT2D eigenvalue weighted by molar-refractivity contribution is 9.09. The molecule has 44 heavy (non-hydrogen) atoms. The number of fused-ring (bicyclic) bond motifs is 1. The van der Waals surface area contributed by atoms with Crippen molar-refractivity contribution in [2.75, 3.05) is 42.6 Å². The van der Waals surface area contributed by atoms with E-state index in [0.717, 1.165) is 5.56 Å². The van der Waals surface area contributed by atoms with Crippen LogP contribution < -0.4 is 14.5 Å². The van der Waals surface area contributed by atoms with Gasteiger partial charge in [-0.05, 0) is 56.2 Å². The van der Waals surface area contributed by atoms with E-state index >= 15 is 0 Å². The predicted molar refractivity (Wildman–Crippen MR) is 180 cm³/mol. The minimum absolute atomic E-state index is 0.0225. The van der Waals surface area contributed by atoms with Crippen molar-refractivity contribution in [3.63, 3.8) is 0 Å². The summed E-state index contributed by atoms with van der Waals surface area (Å²) in [6.07, 6.45) is 3.82. The number of carbonyl (C=O) groups is 3. The van der Waals surface area contributed by atoms with Crippen molar-refractivity contribution in [2.45, 2.75) is 41.1 Å². The summed E-state index contributed by atoms with van der Waals surface area (Å²) in [5.74, 6) is -1.52. The molecule has 8 nitrogen and oxygen atoms in total. The third-order valence-corrected chi connectivity index (χ3v) is 12.2. The second kappa shape index (κ2) is 13.3. The lowest BCUT2D eigenvalue weighted by Gasteiger charge is -2.38. The smallest absolute Gasteiger partial charge is 0.251 e. The van der Waals surface area contributed by atoms with Gasteiger partial charge in [0.25, 0.3) is 5.91 Å². The summed E-state index contributed by atoms with van der Waals surface area (Å²) in [4.78, 5) is 48.2. The number of anilines is 2. The lowest BCUT2D eigenvalue weighted by Crippen LogP contribution is -2.56. The van der Waals surface area contributed by atoms with Crippen LogP contribution in [0, 0.1) is 18.8 Å². The molecule has 1 spiro atoms. The lowest BCUT2D eigenvalue weighted by atomic mass is 9.70. The quantitative estimate of drug-likeness (QED) is 0.241. The van der Waals surface area contributed by atoms with E-state index in [9.17, 15) is 19.5 Å². The van der Waals surface area contributed by atoms with Crippen LogP contribution in [-0.4, -0.2) is 81.4 Å². The molecule has 2 bridgehead atoms. The molecule has 3 aliphatic heterocycles. The Kier molecular flexibility index (Phi) is 9.84. The molecule has 0 radical (unpaired) electrons. The van der Waals surface area contributed by atoms with E-state index in [4.69, 9.17) is 16.3 Å². The van der Waals surface area contributed by atoms with E-state index in [1.54, 1.807) is 39.8 Å². The number of likely N-dealkylation sites (tertiary alicyclic amines) is 1. The molecule has 234 valence electrons. The summed E-state index contributed by atoms with van der Waals surface area (Å²) < 4.78 is 4.70. The molecule has 2 aromatic rings. The second-order valence-corrected chi connectivity index (χ2v) is 14.3. The van der Waals surface area contributed by atoms with Gasteiger partial charge < -0.3 is 24.5 Å². The van der Waals surface area contributed by atoms with E-state index in [1.165, 1.54) is 4.90 Å². The number of hydrogen-bond acceptors (Lipinski definition) is 6. The summed E-state index contributed by atoms with van der Waals surface area (Å²) in [7, 11) is 0. The van der Waals surface area contributed by atoms with Gasteiger partial charge in [-0.15, -0.1) is 24.9 Å². The van der Waals surface area contributed by atoms with Gasteiger partial charge in [0.1, 0.15) is 11.8 Å². The van der Waals surface area contributed by atoms with E-state index in [0.29, 0.717) is 35.2 Å². The van der Waals surface area contributed by atoms with Crippen LogP contribution in [0.15, 0.2) is 67.8 Å². The zero-order valence-electron chi connectivity index (χ0n) is 24.8. The van der Waals surface area contributed by atoms with Crippen molar-refractivity contribution in [3.8, 4) is 5.75 Å². The molecule has 0 aliphatic carbocycles. The SMILES string of the molecule is C=CCN(C(=O)[C@H]1[C@H]2C(=O)N(CCO)C(C(=O)N(CC=C)c3c(C)cccc3Cl)C23CC(Br)[C@@H]1S3)c1ccc(OCC)cc1.